The first-order valence-electron chi connectivity index (χ1n) is 9.36. The van der Waals surface area contributed by atoms with Crippen LogP contribution in [0, 0.1) is 5.92 Å². The lowest BCUT2D eigenvalue weighted by molar-refractivity contribution is -0.123. The molecule has 0 saturated carbocycles. The first-order chi connectivity index (χ1) is 13.9. The van der Waals surface area contributed by atoms with Crippen LogP contribution in [-0.4, -0.2) is 51.8 Å². The van der Waals surface area contributed by atoms with Gasteiger partial charge in [-0.1, -0.05) is 30.3 Å². The fourth-order valence-corrected chi connectivity index (χ4v) is 5.15. The zero-order valence-electron chi connectivity index (χ0n) is 16.4. The fourth-order valence-electron chi connectivity index (χ4n) is 3.51. The molecule has 0 spiro atoms. The van der Waals surface area contributed by atoms with Gasteiger partial charge in [-0.05, 0) is 37.1 Å². The number of hydrogen-bond donors (Lipinski definition) is 0. The number of benzene rings is 2. The van der Waals surface area contributed by atoms with Crippen molar-refractivity contribution in [2.45, 2.75) is 17.7 Å². The summed E-state index contributed by atoms with van der Waals surface area (Å²) >= 11 is 0. The SMILES string of the molecule is COC(=O)c1ccccc1S(=O)(=O)N1CCC(C(=O)N(C)c2ccccc2)CC1. The highest BCUT2D eigenvalue weighted by Gasteiger charge is 2.35. The number of esters is 1. The minimum atomic E-state index is -3.86. The molecule has 8 heteroatoms. The molecule has 0 N–H and O–H groups in total. The van der Waals surface area contributed by atoms with Gasteiger partial charge in [0.1, 0.15) is 0 Å². The van der Waals surface area contributed by atoms with Crippen LogP contribution in [0.3, 0.4) is 0 Å². The van der Waals surface area contributed by atoms with Crippen LogP contribution in [0.25, 0.3) is 0 Å². The van der Waals surface area contributed by atoms with E-state index in [-0.39, 0.29) is 35.4 Å². The average Bonchev–Trinajstić information content (AvgIpc) is 2.78. The average molecular weight is 416 g/mol. The zero-order valence-corrected chi connectivity index (χ0v) is 17.3. The van der Waals surface area contributed by atoms with Crippen molar-refractivity contribution in [1.82, 2.24) is 4.31 Å². The predicted molar refractivity (Wildman–Crippen MR) is 109 cm³/mol. The van der Waals surface area contributed by atoms with Crippen molar-refractivity contribution in [2.24, 2.45) is 5.92 Å². The third-order valence-electron chi connectivity index (χ3n) is 5.19. The van der Waals surface area contributed by atoms with Crippen molar-refractivity contribution in [3.63, 3.8) is 0 Å². The lowest BCUT2D eigenvalue weighted by Crippen LogP contribution is -2.43. The van der Waals surface area contributed by atoms with Gasteiger partial charge in [0.2, 0.25) is 15.9 Å². The van der Waals surface area contributed by atoms with Crippen LogP contribution in [0.15, 0.2) is 59.5 Å². The van der Waals surface area contributed by atoms with Gasteiger partial charge in [0, 0.05) is 31.7 Å². The summed E-state index contributed by atoms with van der Waals surface area (Å²) < 4.78 is 32.2. The van der Waals surface area contributed by atoms with Crippen molar-refractivity contribution in [3.8, 4) is 0 Å². The number of hydrogen-bond acceptors (Lipinski definition) is 5. The molecule has 0 aliphatic carbocycles. The number of rotatable bonds is 5. The van der Waals surface area contributed by atoms with Gasteiger partial charge < -0.3 is 9.64 Å². The standard InChI is InChI=1S/C21H24N2O5S/c1-22(17-8-4-3-5-9-17)20(24)16-12-14-23(15-13-16)29(26,27)19-11-7-6-10-18(19)21(25)28-2/h3-11,16H,12-15H2,1-2H3. The second-order valence-electron chi connectivity index (χ2n) is 6.90. The van der Waals surface area contributed by atoms with Crippen LogP contribution in [-0.2, 0) is 19.6 Å². The second kappa shape index (κ2) is 8.75. The van der Waals surface area contributed by atoms with Gasteiger partial charge in [0.15, 0.2) is 0 Å². The van der Waals surface area contributed by atoms with E-state index in [0.29, 0.717) is 12.8 Å². The summed E-state index contributed by atoms with van der Waals surface area (Å²) in [6.45, 7) is 0.438. The third kappa shape index (κ3) is 4.33. The summed E-state index contributed by atoms with van der Waals surface area (Å²) in [7, 11) is -0.918. The Morgan fingerprint density at radius 2 is 1.59 bits per heavy atom. The predicted octanol–water partition coefficient (Wildman–Crippen LogP) is 2.54. The number of anilines is 1. The highest BCUT2D eigenvalue weighted by molar-refractivity contribution is 7.89. The van der Waals surface area contributed by atoms with Crippen LogP contribution in [0.4, 0.5) is 5.69 Å². The minimum absolute atomic E-state index is 0.0111. The Labute approximate surface area is 170 Å². The number of methoxy groups -OCH3 is 1. The molecule has 1 aliphatic rings. The quantitative estimate of drug-likeness (QED) is 0.700. The van der Waals surface area contributed by atoms with Crippen molar-refractivity contribution >= 4 is 27.6 Å². The number of carbonyl (C=O) groups excluding carboxylic acids is 2. The Hall–Kier alpha value is -2.71. The number of amides is 1. The van der Waals surface area contributed by atoms with Crippen molar-refractivity contribution < 1.29 is 22.7 Å². The van der Waals surface area contributed by atoms with Crippen molar-refractivity contribution in [2.75, 3.05) is 32.1 Å². The number of sulfonamides is 1. The molecule has 154 valence electrons. The van der Waals surface area contributed by atoms with Gasteiger partial charge >= 0.3 is 5.97 Å². The van der Waals surface area contributed by atoms with Gasteiger partial charge in [0.05, 0.1) is 17.6 Å². The molecule has 0 unspecified atom stereocenters. The molecule has 1 amide bonds. The van der Waals surface area contributed by atoms with Gasteiger partial charge in [-0.15, -0.1) is 0 Å². The number of para-hydroxylation sites is 1. The fraction of sp³-hybridized carbons (Fsp3) is 0.333. The summed E-state index contributed by atoms with van der Waals surface area (Å²) in [4.78, 5) is 26.3. The molecule has 7 nitrogen and oxygen atoms in total. The van der Waals surface area contributed by atoms with Crippen molar-refractivity contribution in [1.29, 1.82) is 0 Å². The molecule has 0 aromatic heterocycles. The lowest BCUT2D eigenvalue weighted by Gasteiger charge is -2.32. The summed E-state index contributed by atoms with van der Waals surface area (Å²) in [6.07, 6.45) is 0.852. The number of carbonyl (C=O) groups is 2. The van der Waals surface area contributed by atoms with Crippen LogP contribution in [0.1, 0.15) is 23.2 Å². The minimum Gasteiger partial charge on any atom is -0.465 e. The molecular weight excluding hydrogens is 392 g/mol. The Bertz CT molecular complexity index is 983. The first kappa shape index (κ1) is 21.0. The van der Waals surface area contributed by atoms with E-state index >= 15 is 0 Å². The zero-order chi connectivity index (χ0) is 21.0. The van der Waals surface area contributed by atoms with Crippen LogP contribution < -0.4 is 4.90 Å². The van der Waals surface area contributed by atoms with E-state index in [1.54, 1.807) is 24.1 Å². The van der Waals surface area contributed by atoms with Gasteiger partial charge in [-0.25, -0.2) is 13.2 Å². The molecule has 1 aliphatic heterocycles. The van der Waals surface area contributed by atoms with E-state index in [1.165, 1.54) is 23.5 Å². The van der Waals surface area contributed by atoms with E-state index in [4.69, 9.17) is 4.74 Å². The second-order valence-corrected chi connectivity index (χ2v) is 8.81. The molecule has 3 rings (SSSR count). The first-order valence-corrected chi connectivity index (χ1v) is 10.8. The maximum atomic E-state index is 13.1. The van der Waals surface area contributed by atoms with Crippen LogP contribution in [0.5, 0.6) is 0 Å². The van der Waals surface area contributed by atoms with Gasteiger partial charge in [-0.3, -0.25) is 4.79 Å². The number of ether oxygens (including phenoxy) is 1. The molecule has 0 bridgehead atoms. The van der Waals surface area contributed by atoms with E-state index < -0.39 is 16.0 Å². The molecule has 1 saturated heterocycles. The molecule has 29 heavy (non-hydrogen) atoms. The number of piperidine rings is 1. The van der Waals surface area contributed by atoms with E-state index in [0.717, 1.165) is 5.69 Å². The summed E-state index contributed by atoms with van der Waals surface area (Å²) in [5, 5.41) is 0. The monoisotopic (exact) mass is 416 g/mol. The van der Waals surface area contributed by atoms with E-state index in [9.17, 15) is 18.0 Å². The summed E-state index contributed by atoms with van der Waals surface area (Å²) in [5.41, 5.74) is 0.816. The Morgan fingerprint density at radius 1 is 1.00 bits per heavy atom. The third-order valence-corrected chi connectivity index (χ3v) is 7.14. The Morgan fingerprint density at radius 3 is 2.21 bits per heavy atom. The topological polar surface area (TPSA) is 84.0 Å². The van der Waals surface area contributed by atoms with E-state index in [2.05, 4.69) is 0 Å². The molecule has 1 heterocycles. The van der Waals surface area contributed by atoms with Gasteiger partial charge in [-0.2, -0.15) is 4.31 Å². The molecule has 2 aromatic rings. The maximum absolute atomic E-state index is 13.1. The summed E-state index contributed by atoms with van der Waals surface area (Å²) in [5.74, 6) is -0.968. The number of nitrogens with zero attached hydrogens (tertiary/aromatic N) is 2. The molecule has 0 radical (unpaired) electrons. The molecular formula is C21H24N2O5S. The lowest BCUT2D eigenvalue weighted by atomic mass is 9.96. The van der Waals surface area contributed by atoms with E-state index in [1.807, 2.05) is 30.3 Å². The van der Waals surface area contributed by atoms with Crippen molar-refractivity contribution in [3.05, 3.63) is 60.2 Å². The maximum Gasteiger partial charge on any atom is 0.339 e. The highest BCUT2D eigenvalue weighted by atomic mass is 32.2. The smallest absolute Gasteiger partial charge is 0.339 e. The Kier molecular flexibility index (Phi) is 6.34. The normalized spacial score (nSPS) is 15.7. The molecule has 2 aromatic carbocycles. The largest absolute Gasteiger partial charge is 0.465 e. The molecule has 1 fully saturated rings. The van der Waals surface area contributed by atoms with Crippen LogP contribution in [0.2, 0.25) is 0 Å². The molecule has 0 atom stereocenters. The Balaban J connectivity index is 1.72. The van der Waals surface area contributed by atoms with Crippen LogP contribution >= 0.6 is 0 Å². The van der Waals surface area contributed by atoms with Gasteiger partial charge in [0.25, 0.3) is 0 Å². The summed E-state index contributed by atoms with van der Waals surface area (Å²) in [6, 6.07) is 15.4. The highest BCUT2D eigenvalue weighted by Crippen LogP contribution is 2.28.